The standard InChI is InChI=1S/C11H15N3O2/c1-7(2)10(15)13-8-4-3-5-9(6-8)14-11(12)16/h3-7H,1-2H3,(H,13,15)(H3,12,14,16). The van der Waals surface area contributed by atoms with E-state index in [0.717, 1.165) is 0 Å². The van der Waals surface area contributed by atoms with E-state index in [1.165, 1.54) is 0 Å². The van der Waals surface area contributed by atoms with Crippen LogP contribution in [0.4, 0.5) is 16.2 Å². The lowest BCUT2D eigenvalue weighted by Crippen LogP contribution is -2.20. The molecule has 0 heterocycles. The Labute approximate surface area is 94.0 Å². The highest BCUT2D eigenvalue weighted by Gasteiger charge is 2.07. The van der Waals surface area contributed by atoms with Crippen molar-refractivity contribution in [2.45, 2.75) is 13.8 Å². The summed E-state index contributed by atoms with van der Waals surface area (Å²) < 4.78 is 0. The Morgan fingerprint density at radius 3 is 2.25 bits per heavy atom. The molecule has 0 spiro atoms. The quantitative estimate of drug-likeness (QED) is 0.726. The normalized spacial score (nSPS) is 9.94. The summed E-state index contributed by atoms with van der Waals surface area (Å²) in [6, 6.07) is 6.17. The van der Waals surface area contributed by atoms with E-state index in [1.54, 1.807) is 38.1 Å². The number of nitrogens with one attached hydrogen (secondary N) is 2. The van der Waals surface area contributed by atoms with Crippen molar-refractivity contribution in [2.24, 2.45) is 11.7 Å². The lowest BCUT2D eigenvalue weighted by molar-refractivity contribution is -0.118. The van der Waals surface area contributed by atoms with E-state index in [0.29, 0.717) is 11.4 Å². The van der Waals surface area contributed by atoms with Crippen molar-refractivity contribution in [2.75, 3.05) is 10.6 Å². The van der Waals surface area contributed by atoms with Crippen molar-refractivity contribution in [3.8, 4) is 0 Å². The summed E-state index contributed by atoms with van der Waals surface area (Å²) >= 11 is 0. The minimum Gasteiger partial charge on any atom is -0.351 e. The first-order valence-corrected chi connectivity index (χ1v) is 4.96. The zero-order chi connectivity index (χ0) is 12.1. The van der Waals surface area contributed by atoms with Crippen LogP contribution >= 0.6 is 0 Å². The number of carbonyl (C=O) groups is 2. The molecule has 0 saturated carbocycles. The number of benzene rings is 1. The topological polar surface area (TPSA) is 84.2 Å². The van der Waals surface area contributed by atoms with Crippen LogP contribution in [0.2, 0.25) is 0 Å². The van der Waals surface area contributed by atoms with Gasteiger partial charge in [-0.3, -0.25) is 4.79 Å². The maximum atomic E-state index is 11.4. The van der Waals surface area contributed by atoms with Crippen LogP contribution in [0.25, 0.3) is 0 Å². The van der Waals surface area contributed by atoms with Gasteiger partial charge >= 0.3 is 6.03 Å². The van der Waals surface area contributed by atoms with Gasteiger partial charge in [-0.05, 0) is 18.2 Å². The molecule has 3 amide bonds. The zero-order valence-corrected chi connectivity index (χ0v) is 9.28. The Bertz CT molecular complexity index is 402. The fourth-order valence-corrected chi connectivity index (χ4v) is 1.10. The van der Waals surface area contributed by atoms with Crippen LogP contribution in [0.1, 0.15) is 13.8 Å². The Kier molecular flexibility index (Phi) is 3.88. The van der Waals surface area contributed by atoms with Gasteiger partial charge in [-0.15, -0.1) is 0 Å². The Morgan fingerprint density at radius 1 is 1.19 bits per heavy atom. The van der Waals surface area contributed by atoms with E-state index in [4.69, 9.17) is 5.73 Å². The van der Waals surface area contributed by atoms with Gasteiger partial charge in [-0.1, -0.05) is 19.9 Å². The molecule has 16 heavy (non-hydrogen) atoms. The highest BCUT2D eigenvalue weighted by Crippen LogP contribution is 2.15. The highest BCUT2D eigenvalue weighted by molar-refractivity contribution is 5.93. The number of hydrogen-bond acceptors (Lipinski definition) is 2. The minimum atomic E-state index is -0.632. The molecule has 0 bridgehead atoms. The molecule has 4 N–H and O–H groups in total. The molecule has 5 heteroatoms. The number of urea groups is 1. The van der Waals surface area contributed by atoms with Crippen molar-refractivity contribution >= 4 is 23.3 Å². The first-order chi connectivity index (χ1) is 7.49. The molecule has 0 aromatic heterocycles. The average Bonchev–Trinajstić information content (AvgIpc) is 2.16. The lowest BCUT2D eigenvalue weighted by Gasteiger charge is -2.09. The van der Waals surface area contributed by atoms with Crippen molar-refractivity contribution in [1.29, 1.82) is 0 Å². The predicted octanol–water partition coefficient (Wildman–Crippen LogP) is 1.77. The van der Waals surface area contributed by atoms with Gasteiger partial charge in [0, 0.05) is 17.3 Å². The number of amides is 3. The SMILES string of the molecule is CC(C)C(=O)Nc1cccc(NC(N)=O)c1. The molecule has 0 saturated heterocycles. The third kappa shape index (κ3) is 3.61. The van der Waals surface area contributed by atoms with Crippen LogP contribution in [0, 0.1) is 5.92 Å². The van der Waals surface area contributed by atoms with E-state index in [9.17, 15) is 9.59 Å². The first kappa shape index (κ1) is 12.0. The summed E-state index contributed by atoms with van der Waals surface area (Å²) in [5, 5.41) is 5.16. The molecule has 0 aliphatic carbocycles. The predicted molar refractivity (Wildman–Crippen MR) is 63.1 cm³/mol. The first-order valence-electron chi connectivity index (χ1n) is 4.96. The number of primary amides is 1. The fraction of sp³-hybridized carbons (Fsp3) is 0.273. The van der Waals surface area contributed by atoms with Gasteiger partial charge in [0.05, 0.1) is 0 Å². The van der Waals surface area contributed by atoms with Gasteiger partial charge in [-0.2, -0.15) is 0 Å². The van der Waals surface area contributed by atoms with Crippen LogP contribution in [-0.2, 0) is 4.79 Å². The highest BCUT2D eigenvalue weighted by atomic mass is 16.2. The number of rotatable bonds is 3. The molecule has 0 unspecified atom stereocenters. The number of nitrogens with two attached hydrogens (primary N) is 1. The maximum absolute atomic E-state index is 11.4. The van der Waals surface area contributed by atoms with Crippen LogP contribution in [0.15, 0.2) is 24.3 Å². The van der Waals surface area contributed by atoms with E-state index >= 15 is 0 Å². The molecule has 1 aromatic carbocycles. The zero-order valence-electron chi connectivity index (χ0n) is 9.28. The third-order valence-electron chi connectivity index (χ3n) is 1.92. The van der Waals surface area contributed by atoms with Crippen LogP contribution in [0.3, 0.4) is 0 Å². The summed E-state index contributed by atoms with van der Waals surface area (Å²) in [4.78, 5) is 22.1. The third-order valence-corrected chi connectivity index (χ3v) is 1.92. The van der Waals surface area contributed by atoms with Gasteiger partial charge in [0.25, 0.3) is 0 Å². The second kappa shape index (κ2) is 5.16. The number of anilines is 2. The second-order valence-corrected chi connectivity index (χ2v) is 3.71. The monoisotopic (exact) mass is 221 g/mol. The average molecular weight is 221 g/mol. The van der Waals surface area contributed by atoms with Gasteiger partial charge in [0.1, 0.15) is 0 Å². The molecule has 86 valence electrons. The van der Waals surface area contributed by atoms with Crippen LogP contribution in [-0.4, -0.2) is 11.9 Å². The second-order valence-electron chi connectivity index (χ2n) is 3.71. The van der Waals surface area contributed by atoms with Gasteiger partial charge in [0.2, 0.25) is 5.91 Å². The van der Waals surface area contributed by atoms with E-state index in [1.807, 2.05) is 0 Å². The fourth-order valence-electron chi connectivity index (χ4n) is 1.10. The number of hydrogen-bond donors (Lipinski definition) is 3. The minimum absolute atomic E-state index is 0.0729. The molecule has 0 fully saturated rings. The largest absolute Gasteiger partial charge is 0.351 e. The summed E-state index contributed by atoms with van der Waals surface area (Å²) in [7, 11) is 0. The summed E-state index contributed by atoms with van der Waals surface area (Å²) in [6.07, 6.45) is 0. The Hall–Kier alpha value is -2.04. The Morgan fingerprint density at radius 2 is 1.75 bits per heavy atom. The molecule has 0 aliphatic heterocycles. The molecule has 0 atom stereocenters. The summed E-state index contributed by atoms with van der Waals surface area (Å²) in [6.45, 7) is 3.61. The van der Waals surface area contributed by atoms with Crippen molar-refractivity contribution < 1.29 is 9.59 Å². The Balaban J connectivity index is 2.74. The molecule has 0 aliphatic rings. The number of carbonyl (C=O) groups excluding carboxylic acids is 2. The van der Waals surface area contributed by atoms with Crippen molar-refractivity contribution in [3.63, 3.8) is 0 Å². The van der Waals surface area contributed by atoms with Crippen LogP contribution in [0.5, 0.6) is 0 Å². The molecule has 1 rings (SSSR count). The summed E-state index contributed by atoms with van der Waals surface area (Å²) in [5.41, 5.74) is 6.17. The lowest BCUT2D eigenvalue weighted by atomic mass is 10.2. The van der Waals surface area contributed by atoms with Gasteiger partial charge < -0.3 is 16.4 Å². The van der Waals surface area contributed by atoms with Crippen molar-refractivity contribution in [1.82, 2.24) is 0 Å². The van der Waals surface area contributed by atoms with E-state index < -0.39 is 6.03 Å². The molecule has 1 aromatic rings. The van der Waals surface area contributed by atoms with E-state index in [2.05, 4.69) is 10.6 Å². The molecule has 0 radical (unpaired) electrons. The molecular formula is C11H15N3O2. The van der Waals surface area contributed by atoms with Gasteiger partial charge in [-0.25, -0.2) is 4.79 Å². The smallest absolute Gasteiger partial charge is 0.316 e. The maximum Gasteiger partial charge on any atom is 0.316 e. The van der Waals surface area contributed by atoms with Gasteiger partial charge in [0.15, 0.2) is 0 Å². The van der Waals surface area contributed by atoms with Crippen molar-refractivity contribution in [3.05, 3.63) is 24.3 Å². The van der Waals surface area contributed by atoms with Crippen LogP contribution < -0.4 is 16.4 Å². The van der Waals surface area contributed by atoms with E-state index in [-0.39, 0.29) is 11.8 Å². The molecule has 5 nitrogen and oxygen atoms in total. The summed E-state index contributed by atoms with van der Waals surface area (Å²) in [5.74, 6) is -0.163. The molecular weight excluding hydrogens is 206 g/mol.